The molecule has 0 amide bonds. The first-order chi connectivity index (χ1) is 9.22. The number of rotatable bonds is 2. The highest BCUT2D eigenvalue weighted by Gasteiger charge is 2.44. The molecule has 0 aromatic carbocycles. The van der Waals surface area contributed by atoms with Gasteiger partial charge in [0.15, 0.2) is 6.23 Å². The molecule has 2 aliphatic heterocycles. The third-order valence-electron chi connectivity index (χ3n) is 3.41. The lowest BCUT2D eigenvalue weighted by Crippen LogP contribution is -2.34. The molecule has 0 bridgehead atoms. The number of fused-ring (bicyclic) bond motifs is 1. The summed E-state index contributed by atoms with van der Waals surface area (Å²) < 4.78 is 7.14. The Morgan fingerprint density at radius 2 is 2.21 bits per heavy atom. The SMILES string of the molecule is OC[C@H]1OC(n2cnc3c2CNNCN3)[C@H](O)[C@@H]1O. The van der Waals surface area contributed by atoms with E-state index in [0.29, 0.717) is 19.0 Å². The van der Waals surface area contributed by atoms with Gasteiger partial charge >= 0.3 is 0 Å². The summed E-state index contributed by atoms with van der Waals surface area (Å²) in [6.45, 7) is 0.679. The molecule has 1 aromatic rings. The van der Waals surface area contributed by atoms with E-state index in [1.807, 2.05) is 0 Å². The molecule has 19 heavy (non-hydrogen) atoms. The average Bonchev–Trinajstić information content (AvgIpc) is 2.83. The van der Waals surface area contributed by atoms with Crippen molar-refractivity contribution in [3.05, 3.63) is 12.0 Å². The van der Waals surface area contributed by atoms with Crippen LogP contribution in [-0.4, -0.2) is 56.5 Å². The van der Waals surface area contributed by atoms with Gasteiger partial charge in [-0.3, -0.25) is 5.43 Å². The molecule has 1 aromatic heterocycles. The first kappa shape index (κ1) is 12.8. The number of aliphatic hydroxyl groups excluding tert-OH is 3. The van der Waals surface area contributed by atoms with Crippen LogP contribution in [-0.2, 0) is 11.3 Å². The minimum atomic E-state index is -1.11. The molecule has 1 unspecified atom stereocenters. The molecule has 6 N–H and O–H groups in total. The number of ether oxygens (including phenoxy) is 1. The van der Waals surface area contributed by atoms with Crippen LogP contribution in [0.5, 0.6) is 0 Å². The van der Waals surface area contributed by atoms with E-state index < -0.39 is 24.5 Å². The molecule has 3 heterocycles. The Morgan fingerprint density at radius 3 is 2.95 bits per heavy atom. The summed E-state index contributed by atoms with van der Waals surface area (Å²) in [5.74, 6) is 0.690. The number of anilines is 1. The molecule has 4 atom stereocenters. The van der Waals surface area contributed by atoms with Crippen molar-refractivity contribution in [3.63, 3.8) is 0 Å². The summed E-state index contributed by atoms with van der Waals surface area (Å²) in [7, 11) is 0. The van der Waals surface area contributed by atoms with E-state index in [4.69, 9.17) is 9.84 Å². The molecule has 0 saturated carbocycles. The lowest BCUT2D eigenvalue weighted by Gasteiger charge is -2.18. The van der Waals surface area contributed by atoms with Crippen LogP contribution in [0, 0.1) is 0 Å². The predicted octanol–water partition coefficient (Wildman–Crippen LogP) is -2.53. The number of nitrogens with one attached hydrogen (secondary N) is 3. The Hall–Kier alpha value is -1.23. The number of aliphatic hydroxyl groups is 3. The number of nitrogens with zero attached hydrogens (tertiary/aromatic N) is 2. The van der Waals surface area contributed by atoms with Gasteiger partial charge in [0.05, 0.1) is 31.8 Å². The molecule has 1 fully saturated rings. The van der Waals surface area contributed by atoms with Gasteiger partial charge in [-0.05, 0) is 0 Å². The zero-order valence-electron chi connectivity index (χ0n) is 10.2. The van der Waals surface area contributed by atoms with E-state index in [9.17, 15) is 10.2 Å². The van der Waals surface area contributed by atoms with E-state index in [2.05, 4.69) is 21.2 Å². The Balaban J connectivity index is 1.89. The van der Waals surface area contributed by atoms with Crippen molar-refractivity contribution in [1.82, 2.24) is 20.4 Å². The number of hydrazine groups is 1. The van der Waals surface area contributed by atoms with E-state index >= 15 is 0 Å². The number of imidazole rings is 1. The van der Waals surface area contributed by atoms with Crippen molar-refractivity contribution in [3.8, 4) is 0 Å². The fraction of sp³-hybridized carbons (Fsp3) is 0.700. The molecule has 2 aliphatic rings. The molecule has 0 radical (unpaired) electrons. The van der Waals surface area contributed by atoms with Crippen LogP contribution in [0.2, 0.25) is 0 Å². The zero-order valence-corrected chi connectivity index (χ0v) is 10.2. The lowest BCUT2D eigenvalue weighted by molar-refractivity contribution is -0.0539. The molecule has 9 heteroatoms. The van der Waals surface area contributed by atoms with Crippen LogP contribution in [0.4, 0.5) is 5.82 Å². The standard InChI is InChI=1S/C10H17N5O4/c16-2-6-7(17)8(18)10(19-6)15-4-12-9-5(15)1-13-14-3-11-9/h4,6-8,10-11,13-14,16-18H,1-3H2/t6-,7-,8-,10?/m1/s1. The summed E-state index contributed by atoms with van der Waals surface area (Å²) in [4.78, 5) is 4.21. The third kappa shape index (κ3) is 2.10. The molecule has 1 saturated heterocycles. The van der Waals surface area contributed by atoms with Gasteiger partial charge < -0.3 is 29.9 Å². The predicted molar refractivity (Wildman–Crippen MR) is 63.7 cm³/mol. The first-order valence-corrected chi connectivity index (χ1v) is 6.10. The maximum atomic E-state index is 10.0. The van der Waals surface area contributed by atoms with Gasteiger partial charge in [-0.15, -0.1) is 0 Å². The van der Waals surface area contributed by atoms with E-state index in [1.165, 1.54) is 0 Å². The topological polar surface area (TPSA) is 124 Å². The molecule has 3 rings (SSSR count). The van der Waals surface area contributed by atoms with Crippen molar-refractivity contribution in [2.75, 3.05) is 18.6 Å². The van der Waals surface area contributed by atoms with Crippen molar-refractivity contribution in [2.45, 2.75) is 31.1 Å². The molecule has 0 aliphatic carbocycles. The highest BCUT2D eigenvalue weighted by Crippen LogP contribution is 2.31. The van der Waals surface area contributed by atoms with E-state index in [-0.39, 0.29) is 6.61 Å². The lowest BCUT2D eigenvalue weighted by atomic mass is 10.1. The van der Waals surface area contributed by atoms with Gasteiger partial charge in [0.2, 0.25) is 0 Å². The second kappa shape index (κ2) is 5.04. The summed E-state index contributed by atoms with van der Waals surface area (Å²) in [6.07, 6.45) is -2.22. The Bertz CT molecular complexity index is 453. The maximum Gasteiger partial charge on any atom is 0.164 e. The highest BCUT2D eigenvalue weighted by atomic mass is 16.6. The van der Waals surface area contributed by atoms with Crippen molar-refractivity contribution in [2.24, 2.45) is 0 Å². The normalized spacial score (nSPS) is 34.7. The van der Waals surface area contributed by atoms with Gasteiger partial charge in [-0.25, -0.2) is 10.4 Å². The zero-order chi connectivity index (χ0) is 13.4. The Kier molecular flexibility index (Phi) is 3.39. The van der Waals surface area contributed by atoms with Gasteiger partial charge in [0.1, 0.15) is 24.1 Å². The molecule has 9 nitrogen and oxygen atoms in total. The monoisotopic (exact) mass is 271 g/mol. The maximum absolute atomic E-state index is 10.0. The third-order valence-corrected chi connectivity index (χ3v) is 3.41. The van der Waals surface area contributed by atoms with Crippen molar-refractivity contribution in [1.29, 1.82) is 0 Å². The largest absolute Gasteiger partial charge is 0.394 e. The smallest absolute Gasteiger partial charge is 0.164 e. The second-order valence-corrected chi connectivity index (χ2v) is 4.56. The van der Waals surface area contributed by atoms with Crippen LogP contribution in [0.25, 0.3) is 0 Å². The number of aromatic nitrogens is 2. The van der Waals surface area contributed by atoms with Gasteiger partial charge in [-0.1, -0.05) is 0 Å². The quantitative estimate of drug-likeness (QED) is 0.348. The Morgan fingerprint density at radius 1 is 1.37 bits per heavy atom. The second-order valence-electron chi connectivity index (χ2n) is 4.56. The fourth-order valence-corrected chi connectivity index (χ4v) is 2.37. The van der Waals surface area contributed by atoms with Crippen LogP contribution in [0.1, 0.15) is 11.9 Å². The van der Waals surface area contributed by atoms with Crippen molar-refractivity contribution >= 4 is 5.82 Å². The minimum absolute atomic E-state index is 0.344. The summed E-state index contributed by atoms with van der Waals surface area (Å²) in [6, 6.07) is 0. The molecular weight excluding hydrogens is 254 g/mol. The van der Waals surface area contributed by atoms with Crippen LogP contribution >= 0.6 is 0 Å². The highest BCUT2D eigenvalue weighted by molar-refractivity contribution is 5.41. The fourth-order valence-electron chi connectivity index (χ4n) is 2.37. The van der Waals surface area contributed by atoms with Gasteiger partial charge in [0, 0.05) is 0 Å². The first-order valence-electron chi connectivity index (χ1n) is 6.10. The van der Waals surface area contributed by atoms with Crippen LogP contribution in [0.15, 0.2) is 6.33 Å². The summed E-state index contributed by atoms with van der Waals surface area (Å²) in [5.41, 5.74) is 6.72. The van der Waals surface area contributed by atoms with E-state index in [1.54, 1.807) is 10.9 Å². The summed E-state index contributed by atoms with van der Waals surface area (Å²) >= 11 is 0. The van der Waals surface area contributed by atoms with E-state index in [0.717, 1.165) is 5.69 Å². The number of hydrogen-bond donors (Lipinski definition) is 6. The Labute approximate surface area is 109 Å². The molecule has 0 spiro atoms. The van der Waals surface area contributed by atoms with Crippen LogP contribution in [0.3, 0.4) is 0 Å². The number of hydrogen-bond acceptors (Lipinski definition) is 8. The van der Waals surface area contributed by atoms with Gasteiger partial charge in [-0.2, -0.15) is 0 Å². The van der Waals surface area contributed by atoms with Crippen molar-refractivity contribution < 1.29 is 20.1 Å². The van der Waals surface area contributed by atoms with Crippen LogP contribution < -0.4 is 16.2 Å². The average molecular weight is 271 g/mol. The molecular formula is C10H17N5O4. The minimum Gasteiger partial charge on any atom is -0.394 e. The molecule has 106 valence electrons. The summed E-state index contributed by atoms with van der Waals surface area (Å²) in [5, 5.41) is 31.9. The van der Waals surface area contributed by atoms with Gasteiger partial charge in [0.25, 0.3) is 0 Å².